The van der Waals surface area contributed by atoms with Crippen molar-refractivity contribution in [3.05, 3.63) is 0 Å². The Labute approximate surface area is 66.8 Å². The van der Waals surface area contributed by atoms with E-state index in [0.29, 0.717) is 13.8 Å². The molecule has 0 amide bonds. The van der Waals surface area contributed by atoms with Gasteiger partial charge in [0.05, 0.1) is 0 Å². The van der Waals surface area contributed by atoms with E-state index < -0.39 is 23.3 Å². The molecule has 6 heteroatoms. The molecule has 0 rings (SSSR count). The van der Waals surface area contributed by atoms with Crippen molar-refractivity contribution in [1.82, 2.24) is 0 Å². The average Bonchev–Trinajstić information content (AvgIpc) is 1.86. The van der Waals surface area contributed by atoms with E-state index in [9.17, 15) is 18.4 Å². The highest BCUT2D eigenvalue weighted by Crippen LogP contribution is 2.36. The van der Waals surface area contributed by atoms with E-state index in [0.717, 1.165) is 0 Å². The minimum atomic E-state index is -4.27. The van der Waals surface area contributed by atoms with Crippen molar-refractivity contribution in [3.8, 4) is 0 Å². The molecule has 0 bridgehead atoms. The largest absolute Gasteiger partial charge is 0.481 e. The van der Waals surface area contributed by atoms with E-state index in [1.807, 2.05) is 0 Å². The van der Waals surface area contributed by atoms with E-state index >= 15 is 0 Å². The molecule has 2 N–H and O–H groups in total. The van der Waals surface area contributed by atoms with Gasteiger partial charge in [0, 0.05) is 0 Å². The summed E-state index contributed by atoms with van der Waals surface area (Å²) in [6, 6.07) is 0. The van der Waals surface area contributed by atoms with Crippen LogP contribution in [0.4, 0.5) is 8.78 Å². The van der Waals surface area contributed by atoms with Crippen LogP contribution in [-0.4, -0.2) is 28.1 Å². The highest BCUT2D eigenvalue weighted by Gasteiger charge is 2.58. The van der Waals surface area contributed by atoms with Crippen molar-refractivity contribution < 1.29 is 28.6 Å². The predicted molar refractivity (Wildman–Crippen MR) is 34.0 cm³/mol. The molecule has 0 aromatic rings. The smallest absolute Gasteiger partial charge is 0.375 e. The van der Waals surface area contributed by atoms with Gasteiger partial charge in [-0.2, -0.15) is 8.78 Å². The lowest BCUT2D eigenvalue weighted by Crippen LogP contribution is -2.48. The van der Waals surface area contributed by atoms with Crippen LogP contribution in [0.5, 0.6) is 0 Å². The molecule has 0 heterocycles. The Morgan fingerprint density at radius 3 is 1.50 bits per heavy atom. The zero-order valence-electron chi connectivity index (χ0n) is 6.47. The Kier molecular flexibility index (Phi) is 2.42. The molecule has 0 aromatic carbocycles. The fourth-order valence-corrected chi connectivity index (χ4v) is 0.402. The van der Waals surface area contributed by atoms with Crippen molar-refractivity contribution >= 4 is 11.9 Å². The van der Waals surface area contributed by atoms with Crippen molar-refractivity contribution in [1.29, 1.82) is 0 Å². The van der Waals surface area contributed by atoms with Gasteiger partial charge in [0.2, 0.25) is 0 Å². The number of hydrogen-bond acceptors (Lipinski definition) is 2. The van der Waals surface area contributed by atoms with E-state index in [1.54, 1.807) is 0 Å². The molecule has 0 atom stereocenters. The number of rotatable bonds is 3. The summed E-state index contributed by atoms with van der Waals surface area (Å²) in [4.78, 5) is 20.2. The summed E-state index contributed by atoms with van der Waals surface area (Å²) >= 11 is 0. The molecule has 0 saturated heterocycles. The number of carboxylic acid groups (broad SMARTS) is 2. The van der Waals surface area contributed by atoms with E-state index in [2.05, 4.69) is 0 Å². The molecular formula is C6H8F2O4. The minimum absolute atomic E-state index is 0.656. The summed E-state index contributed by atoms with van der Waals surface area (Å²) in [5, 5.41) is 16.3. The molecular weight excluding hydrogens is 174 g/mol. The van der Waals surface area contributed by atoms with Crippen LogP contribution in [0.25, 0.3) is 0 Å². The lowest BCUT2D eigenvalue weighted by molar-refractivity contribution is -0.194. The Hall–Kier alpha value is -1.20. The number of carboxylic acids is 2. The molecule has 0 unspecified atom stereocenters. The van der Waals surface area contributed by atoms with Gasteiger partial charge in [0.1, 0.15) is 5.41 Å². The first-order valence-electron chi connectivity index (χ1n) is 2.98. The van der Waals surface area contributed by atoms with Gasteiger partial charge >= 0.3 is 17.9 Å². The third-order valence-corrected chi connectivity index (χ3v) is 1.59. The van der Waals surface area contributed by atoms with Gasteiger partial charge in [0.15, 0.2) is 0 Å². The maximum Gasteiger partial charge on any atom is 0.375 e. The van der Waals surface area contributed by atoms with Gasteiger partial charge in [-0.3, -0.25) is 4.79 Å². The van der Waals surface area contributed by atoms with Gasteiger partial charge in [0.25, 0.3) is 0 Å². The standard InChI is InChI=1S/C6H8F2O4/c1-5(2,3(9)10)6(7,8)4(11)12/h1-2H3,(H,9,10)(H,11,12). The predicted octanol–water partition coefficient (Wildman–Crippen LogP) is 0.817. The van der Waals surface area contributed by atoms with Gasteiger partial charge in [-0.05, 0) is 13.8 Å². The molecule has 0 aliphatic rings. The van der Waals surface area contributed by atoms with E-state index in [-0.39, 0.29) is 0 Å². The van der Waals surface area contributed by atoms with Gasteiger partial charge in [-0.1, -0.05) is 0 Å². The molecule has 0 fully saturated rings. The van der Waals surface area contributed by atoms with Crippen LogP contribution < -0.4 is 0 Å². The lowest BCUT2D eigenvalue weighted by atomic mass is 9.86. The average molecular weight is 182 g/mol. The summed E-state index contributed by atoms with van der Waals surface area (Å²) in [5.74, 6) is -8.55. The van der Waals surface area contributed by atoms with Crippen LogP contribution in [0.15, 0.2) is 0 Å². The first kappa shape index (κ1) is 10.8. The van der Waals surface area contributed by atoms with Crippen molar-refractivity contribution in [2.24, 2.45) is 5.41 Å². The number of carbonyl (C=O) groups is 2. The monoisotopic (exact) mass is 182 g/mol. The molecule has 70 valence electrons. The van der Waals surface area contributed by atoms with Gasteiger partial charge < -0.3 is 10.2 Å². The number of hydrogen-bond donors (Lipinski definition) is 2. The second kappa shape index (κ2) is 2.69. The molecule has 4 nitrogen and oxygen atoms in total. The number of alkyl halides is 2. The van der Waals surface area contributed by atoms with Crippen molar-refractivity contribution in [2.75, 3.05) is 0 Å². The highest BCUT2D eigenvalue weighted by atomic mass is 19.3. The van der Waals surface area contributed by atoms with Crippen molar-refractivity contribution in [3.63, 3.8) is 0 Å². The second-order valence-corrected chi connectivity index (χ2v) is 2.81. The molecule has 0 aliphatic heterocycles. The van der Waals surface area contributed by atoms with Crippen LogP contribution in [0.3, 0.4) is 0 Å². The quantitative estimate of drug-likeness (QED) is 0.677. The molecule has 0 spiro atoms. The van der Waals surface area contributed by atoms with Crippen LogP contribution in [0.1, 0.15) is 13.8 Å². The van der Waals surface area contributed by atoms with Crippen LogP contribution in [0, 0.1) is 5.41 Å². The van der Waals surface area contributed by atoms with Gasteiger partial charge in [-0.25, -0.2) is 4.79 Å². The maximum absolute atomic E-state index is 12.6. The van der Waals surface area contributed by atoms with Crippen LogP contribution >= 0.6 is 0 Å². The highest BCUT2D eigenvalue weighted by molar-refractivity contribution is 5.86. The number of aliphatic carboxylic acids is 2. The Bertz CT molecular complexity index is 198. The fourth-order valence-electron chi connectivity index (χ4n) is 0.402. The zero-order valence-corrected chi connectivity index (χ0v) is 6.47. The summed E-state index contributed by atoms with van der Waals surface area (Å²) < 4.78 is 25.2. The first-order valence-corrected chi connectivity index (χ1v) is 2.98. The second-order valence-electron chi connectivity index (χ2n) is 2.81. The molecule has 0 aromatic heterocycles. The zero-order chi connectivity index (χ0) is 10.2. The lowest BCUT2D eigenvalue weighted by Gasteiger charge is -2.25. The summed E-state index contributed by atoms with van der Waals surface area (Å²) in [6.07, 6.45) is 0. The first-order chi connectivity index (χ1) is 5.14. The SMILES string of the molecule is CC(C)(C(=O)O)C(F)(F)C(=O)O. The molecule has 0 aliphatic carbocycles. The van der Waals surface area contributed by atoms with Crippen molar-refractivity contribution in [2.45, 2.75) is 19.8 Å². The topological polar surface area (TPSA) is 74.6 Å². The maximum atomic E-state index is 12.6. The summed E-state index contributed by atoms with van der Waals surface area (Å²) in [5.41, 5.74) is -2.60. The summed E-state index contributed by atoms with van der Waals surface area (Å²) in [6.45, 7) is 1.31. The third-order valence-electron chi connectivity index (χ3n) is 1.59. The van der Waals surface area contributed by atoms with E-state index in [1.165, 1.54) is 0 Å². The molecule has 0 radical (unpaired) electrons. The fraction of sp³-hybridized carbons (Fsp3) is 0.667. The summed E-state index contributed by atoms with van der Waals surface area (Å²) in [7, 11) is 0. The molecule has 12 heavy (non-hydrogen) atoms. The van der Waals surface area contributed by atoms with Crippen LogP contribution in [0.2, 0.25) is 0 Å². The molecule has 0 saturated carbocycles. The third kappa shape index (κ3) is 1.37. The normalized spacial score (nSPS) is 12.7. The Morgan fingerprint density at radius 2 is 1.42 bits per heavy atom. The van der Waals surface area contributed by atoms with E-state index in [4.69, 9.17) is 10.2 Å². The number of halogens is 2. The van der Waals surface area contributed by atoms with Gasteiger partial charge in [-0.15, -0.1) is 0 Å². The minimum Gasteiger partial charge on any atom is -0.481 e. The Balaban J connectivity index is 5.01. The van der Waals surface area contributed by atoms with Crippen LogP contribution in [-0.2, 0) is 9.59 Å². The Morgan fingerprint density at radius 1 is 1.08 bits per heavy atom.